The Bertz CT molecular complexity index is 703. The van der Waals surface area contributed by atoms with E-state index in [4.69, 9.17) is 13.0 Å². The van der Waals surface area contributed by atoms with Crippen LogP contribution in [0.15, 0.2) is 54.6 Å². The SMILES string of the molecule is Fc1ccccc1Nc1ccccc1.O=S(=O)(O)C(F)(F)F. The van der Waals surface area contributed by atoms with E-state index in [1.54, 1.807) is 18.2 Å². The normalized spacial score (nSPS) is 11.3. The molecule has 0 heterocycles. The van der Waals surface area contributed by atoms with Crippen LogP contribution in [0.4, 0.5) is 28.9 Å². The molecule has 120 valence electrons. The molecular weight excluding hydrogens is 326 g/mol. The predicted octanol–water partition coefficient (Wildman–Crippen LogP) is 3.96. The van der Waals surface area contributed by atoms with Crippen LogP contribution in [0.3, 0.4) is 0 Å². The molecule has 2 rings (SSSR count). The van der Waals surface area contributed by atoms with E-state index in [9.17, 15) is 17.6 Å². The van der Waals surface area contributed by atoms with Gasteiger partial charge in [-0.3, -0.25) is 4.55 Å². The smallest absolute Gasteiger partial charge is 0.353 e. The van der Waals surface area contributed by atoms with E-state index in [0.29, 0.717) is 5.69 Å². The Balaban J connectivity index is 0.000000261. The van der Waals surface area contributed by atoms with Crippen LogP contribution in [-0.4, -0.2) is 18.5 Å². The van der Waals surface area contributed by atoms with Gasteiger partial charge >= 0.3 is 15.6 Å². The Morgan fingerprint density at radius 1 is 0.909 bits per heavy atom. The summed E-state index contributed by atoms with van der Waals surface area (Å²) in [7, 11) is -5.84. The topological polar surface area (TPSA) is 66.4 Å². The van der Waals surface area contributed by atoms with Crippen molar-refractivity contribution in [3.8, 4) is 0 Å². The van der Waals surface area contributed by atoms with Gasteiger partial charge in [0.05, 0.1) is 5.69 Å². The van der Waals surface area contributed by atoms with Gasteiger partial charge in [-0.1, -0.05) is 30.3 Å². The molecule has 0 amide bonds. The lowest BCUT2D eigenvalue weighted by atomic mass is 10.2. The molecule has 0 aliphatic heterocycles. The first-order chi connectivity index (χ1) is 10.1. The minimum Gasteiger partial charge on any atom is -0.353 e. The van der Waals surface area contributed by atoms with Crippen LogP contribution in [0.1, 0.15) is 0 Å². The first-order valence-corrected chi connectivity index (χ1v) is 7.15. The molecule has 0 aliphatic rings. The van der Waals surface area contributed by atoms with E-state index in [1.807, 2.05) is 30.3 Å². The van der Waals surface area contributed by atoms with Gasteiger partial charge in [0, 0.05) is 5.69 Å². The van der Waals surface area contributed by atoms with Crippen LogP contribution in [0.2, 0.25) is 0 Å². The summed E-state index contributed by atoms with van der Waals surface area (Å²) >= 11 is 0. The zero-order chi connectivity index (χ0) is 16.8. The largest absolute Gasteiger partial charge is 0.522 e. The fraction of sp³-hybridized carbons (Fsp3) is 0.0769. The highest BCUT2D eigenvalue weighted by Gasteiger charge is 2.44. The number of rotatable bonds is 2. The third-order valence-electron chi connectivity index (χ3n) is 2.22. The molecule has 0 bridgehead atoms. The first kappa shape index (κ1) is 17.9. The predicted molar refractivity (Wildman–Crippen MR) is 73.7 cm³/mol. The summed E-state index contributed by atoms with van der Waals surface area (Å²) in [6.07, 6.45) is 0. The Morgan fingerprint density at radius 2 is 1.36 bits per heavy atom. The molecule has 0 spiro atoms. The van der Waals surface area contributed by atoms with Gasteiger partial charge in [-0.25, -0.2) is 4.39 Å². The van der Waals surface area contributed by atoms with Gasteiger partial charge in [0.25, 0.3) is 0 Å². The van der Waals surface area contributed by atoms with Crippen LogP contribution < -0.4 is 5.32 Å². The lowest BCUT2D eigenvalue weighted by Gasteiger charge is -2.06. The molecule has 0 aliphatic carbocycles. The average molecular weight is 337 g/mol. The number of anilines is 2. The van der Waals surface area contributed by atoms with Crippen molar-refractivity contribution in [3.05, 3.63) is 60.4 Å². The van der Waals surface area contributed by atoms with E-state index in [2.05, 4.69) is 5.32 Å². The van der Waals surface area contributed by atoms with Crippen LogP contribution >= 0.6 is 0 Å². The molecule has 0 saturated carbocycles. The molecule has 0 atom stereocenters. The van der Waals surface area contributed by atoms with Crippen molar-refractivity contribution in [1.29, 1.82) is 0 Å². The van der Waals surface area contributed by atoms with E-state index in [0.717, 1.165) is 5.69 Å². The molecule has 0 unspecified atom stereocenters. The number of hydrogen-bond acceptors (Lipinski definition) is 3. The van der Waals surface area contributed by atoms with Crippen LogP contribution in [0, 0.1) is 5.82 Å². The van der Waals surface area contributed by atoms with Crippen molar-refractivity contribution in [1.82, 2.24) is 0 Å². The summed E-state index contributed by atoms with van der Waals surface area (Å²) in [5, 5.41) is 3.00. The second-order valence-electron chi connectivity index (χ2n) is 3.89. The van der Waals surface area contributed by atoms with E-state index in [-0.39, 0.29) is 5.82 Å². The molecule has 0 aromatic heterocycles. The minimum absolute atomic E-state index is 0.239. The Kier molecular flexibility index (Phi) is 5.89. The summed E-state index contributed by atoms with van der Waals surface area (Å²) in [5.74, 6) is -0.239. The second-order valence-corrected chi connectivity index (χ2v) is 5.30. The van der Waals surface area contributed by atoms with Gasteiger partial charge in [-0.05, 0) is 24.3 Å². The van der Waals surface area contributed by atoms with Crippen molar-refractivity contribution in [3.63, 3.8) is 0 Å². The van der Waals surface area contributed by atoms with E-state index >= 15 is 0 Å². The van der Waals surface area contributed by atoms with Crippen LogP contribution in [0.5, 0.6) is 0 Å². The third-order valence-corrected chi connectivity index (χ3v) is 2.80. The van der Waals surface area contributed by atoms with E-state index < -0.39 is 15.6 Å². The summed E-state index contributed by atoms with van der Waals surface area (Å²) < 4.78 is 70.8. The number of nitrogens with one attached hydrogen (secondary N) is 1. The summed E-state index contributed by atoms with van der Waals surface area (Å²) in [4.78, 5) is 0. The number of hydrogen-bond donors (Lipinski definition) is 2. The van der Waals surface area contributed by atoms with Gasteiger partial charge in [-0.15, -0.1) is 0 Å². The fourth-order valence-electron chi connectivity index (χ4n) is 1.24. The summed E-state index contributed by atoms with van der Waals surface area (Å²) in [6, 6.07) is 16.1. The standard InChI is InChI=1S/C12H10FN.CHF3O3S/c13-11-8-4-5-9-12(11)14-10-6-2-1-3-7-10;2-1(3,4)8(5,6)7/h1-9,14H;(H,5,6,7). The maximum atomic E-state index is 13.2. The van der Waals surface area contributed by atoms with Gasteiger partial charge in [0.2, 0.25) is 0 Å². The zero-order valence-electron chi connectivity index (χ0n) is 10.9. The molecule has 0 fully saturated rings. The fourth-order valence-corrected chi connectivity index (χ4v) is 1.24. The lowest BCUT2D eigenvalue weighted by molar-refractivity contribution is -0.0510. The highest BCUT2D eigenvalue weighted by molar-refractivity contribution is 7.86. The molecule has 9 heteroatoms. The monoisotopic (exact) mass is 337 g/mol. The van der Waals surface area contributed by atoms with Crippen molar-refractivity contribution < 1.29 is 30.5 Å². The maximum Gasteiger partial charge on any atom is 0.522 e. The van der Waals surface area contributed by atoms with E-state index in [1.165, 1.54) is 6.07 Å². The van der Waals surface area contributed by atoms with Crippen molar-refractivity contribution >= 4 is 21.5 Å². The second kappa shape index (κ2) is 7.23. The van der Waals surface area contributed by atoms with Crippen molar-refractivity contribution in [2.45, 2.75) is 5.51 Å². The number of para-hydroxylation sites is 2. The Labute approximate surface area is 124 Å². The number of benzene rings is 2. The first-order valence-electron chi connectivity index (χ1n) is 5.71. The Morgan fingerprint density at radius 3 is 1.82 bits per heavy atom. The molecule has 2 aromatic carbocycles. The highest BCUT2D eigenvalue weighted by Crippen LogP contribution is 2.20. The van der Waals surface area contributed by atoms with Gasteiger partial charge in [0.1, 0.15) is 5.82 Å². The zero-order valence-corrected chi connectivity index (χ0v) is 11.7. The van der Waals surface area contributed by atoms with Crippen molar-refractivity contribution in [2.75, 3.05) is 5.32 Å². The molecular formula is C13H11F4NO3S. The number of alkyl halides is 3. The summed E-state index contributed by atoms with van der Waals surface area (Å²) in [5.41, 5.74) is -4.15. The molecule has 22 heavy (non-hydrogen) atoms. The minimum atomic E-state index is -5.84. The molecule has 2 N–H and O–H groups in total. The molecule has 0 radical (unpaired) electrons. The van der Waals surface area contributed by atoms with Gasteiger partial charge in [0.15, 0.2) is 0 Å². The van der Waals surface area contributed by atoms with Gasteiger partial charge < -0.3 is 5.32 Å². The average Bonchev–Trinajstić information content (AvgIpc) is 2.41. The van der Waals surface area contributed by atoms with Crippen LogP contribution in [-0.2, 0) is 10.1 Å². The molecule has 2 aromatic rings. The molecule has 0 saturated heterocycles. The maximum absolute atomic E-state index is 13.2. The lowest BCUT2D eigenvalue weighted by Crippen LogP contribution is -2.21. The van der Waals surface area contributed by atoms with Gasteiger partial charge in [-0.2, -0.15) is 21.6 Å². The quantitative estimate of drug-likeness (QED) is 0.494. The third kappa shape index (κ3) is 5.70. The van der Waals surface area contributed by atoms with Crippen LogP contribution in [0.25, 0.3) is 0 Å². The van der Waals surface area contributed by atoms with Crippen molar-refractivity contribution in [2.24, 2.45) is 0 Å². The summed E-state index contributed by atoms with van der Waals surface area (Å²) in [6.45, 7) is 0. The highest BCUT2D eigenvalue weighted by atomic mass is 32.2. The Hall–Kier alpha value is -2.13. The number of halogens is 4. The molecule has 4 nitrogen and oxygen atoms in total.